The number of aromatic nitrogens is 5. The Morgan fingerprint density at radius 2 is 1.68 bits per heavy atom. The van der Waals surface area contributed by atoms with Gasteiger partial charge >= 0.3 is 14.2 Å². The molecule has 0 amide bonds. The Morgan fingerprint density at radius 1 is 0.927 bits per heavy atom. The maximum Gasteiger partial charge on any atom is 0.491 e. The summed E-state index contributed by atoms with van der Waals surface area (Å²) in [5.74, 6) is 0.720. The van der Waals surface area contributed by atoms with Crippen molar-refractivity contribution in [3.8, 4) is 28.9 Å². The smallest absolute Gasteiger partial charge is 0.487 e. The van der Waals surface area contributed by atoms with E-state index in [9.17, 15) is 4.39 Å². The summed E-state index contributed by atoms with van der Waals surface area (Å²) in [5.41, 5.74) is 1.59. The van der Waals surface area contributed by atoms with Crippen LogP contribution in [-0.4, -0.2) is 59.5 Å². The summed E-state index contributed by atoms with van der Waals surface area (Å²) >= 11 is 0. The Bertz CT molecular complexity index is 1540. The molecule has 0 bridgehead atoms. The summed E-state index contributed by atoms with van der Waals surface area (Å²) in [6, 6.07) is 14.3. The molecule has 15 heteroatoms. The van der Waals surface area contributed by atoms with Crippen molar-refractivity contribution in [3.05, 3.63) is 78.6 Å². The van der Waals surface area contributed by atoms with E-state index in [1.807, 2.05) is 10.9 Å². The molecule has 0 atom stereocenters. The van der Waals surface area contributed by atoms with Gasteiger partial charge in [-0.1, -0.05) is 36.3 Å². The molecule has 12 nitrogen and oxygen atoms in total. The Balaban J connectivity index is 0.000000166. The van der Waals surface area contributed by atoms with Gasteiger partial charge in [0.25, 0.3) is 5.89 Å². The zero-order valence-corrected chi connectivity index (χ0v) is 21.7. The molecule has 1 fully saturated rings. The van der Waals surface area contributed by atoms with Crippen molar-refractivity contribution >= 4 is 25.2 Å². The molecule has 3 aromatic heterocycles. The standard InChI is InChI=1S/C14H17BFN3O3.C12H9BN2O4/c16-14-7-12(5-6-13(14)15(20)21)22-9-10-8-19(18-17-10)11-3-1-2-4-11;16-13(17)9-5-3-8(4-6-9)11-14-15-12(19-11)10-2-1-7-18-10/h5-8,11,20-21H,1-4,9H2;1-7,16-17H. The van der Waals surface area contributed by atoms with Crippen LogP contribution in [0.3, 0.4) is 0 Å². The number of hydrogen-bond donors (Lipinski definition) is 4. The molecule has 1 aliphatic rings. The lowest BCUT2D eigenvalue weighted by Gasteiger charge is -2.08. The lowest BCUT2D eigenvalue weighted by Crippen LogP contribution is -2.32. The van der Waals surface area contributed by atoms with E-state index in [1.165, 1.54) is 31.2 Å². The van der Waals surface area contributed by atoms with Crippen molar-refractivity contribution in [2.75, 3.05) is 0 Å². The zero-order valence-electron chi connectivity index (χ0n) is 21.7. The first-order chi connectivity index (χ1) is 19.9. The van der Waals surface area contributed by atoms with E-state index in [2.05, 4.69) is 20.5 Å². The third-order valence-electron chi connectivity index (χ3n) is 6.51. The van der Waals surface area contributed by atoms with E-state index in [0.717, 1.165) is 18.9 Å². The second kappa shape index (κ2) is 12.9. The molecule has 41 heavy (non-hydrogen) atoms. The first kappa shape index (κ1) is 28.2. The van der Waals surface area contributed by atoms with Crippen molar-refractivity contribution in [1.29, 1.82) is 0 Å². The van der Waals surface area contributed by atoms with Crippen LogP contribution in [0, 0.1) is 5.82 Å². The molecular weight excluding hydrogens is 535 g/mol. The first-order valence-corrected chi connectivity index (χ1v) is 12.9. The topological polar surface area (TPSA) is 173 Å². The van der Waals surface area contributed by atoms with Gasteiger partial charge in [-0.05, 0) is 48.6 Å². The molecular formula is C26H26B2FN5O7. The molecule has 3 heterocycles. The van der Waals surface area contributed by atoms with Crippen LogP contribution in [0.1, 0.15) is 37.4 Å². The minimum Gasteiger partial charge on any atom is -0.487 e. The molecule has 0 aliphatic heterocycles. The van der Waals surface area contributed by atoms with Gasteiger partial charge in [0.05, 0.1) is 18.5 Å². The van der Waals surface area contributed by atoms with Gasteiger partial charge in [0.2, 0.25) is 5.89 Å². The summed E-state index contributed by atoms with van der Waals surface area (Å²) in [6.07, 6.45) is 8.08. The summed E-state index contributed by atoms with van der Waals surface area (Å²) < 4.78 is 31.6. The lowest BCUT2D eigenvalue weighted by atomic mass is 9.80. The number of furan rings is 1. The summed E-state index contributed by atoms with van der Waals surface area (Å²) in [6.45, 7) is 0.188. The molecule has 4 N–H and O–H groups in total. The van der Waals surface area contributed by atoms with Crippen molar-refractivity contribution in [2.24, 2.45) is 0 Å². The second-order valence-electron chi connectivity index (χ2n) is 9.36. The number of nitrogens with zero attached hydrogens (tertiary/aromatic N) is 5. The van der Waals surface area contributed by atoms with Crippen LogP contribution in [0.4, 0.5) is 4.39 Å². The van der Waals surface area contributed by atoms with Crippen LogP contribution < -0.4 is 15.7 Å². The highest BCUT2D eigenvalue weighted by atomic mass is 19.1. The fourth-order valence-electron chi connectivity index (χ4n) is 4.33. The highest BCUT2D eigenvalue weighted by molar-refractivity contribution is 6.59. The third-order valence-corrected chi connectivity index (χ3v) is 6.51. The average molecular weight is 561 g/mol. The number of rotatable bonds is 8. The van der Waals surface area contributed by atoms with E-state index in [4.69, 9.17) is 33.7 Å². The molecule has 0 unspecified atom stereocenters. The van der Waals surface area contributed by atoms with Crippen LogP contribution in [0.25, 0.3) is 23.1 Å². The van der Waals surface area contributed by atoms with Crippen molar-refractivity contribution < 1.29 is 38.1 Å². The summed E-state index contributed by atoms with van der Waals surface area (Å²) in [5, 5.41) is 51.9. The van der Waals surface area contributed by atoms with E-state index in [-0.39, 0.29) is 12.1 Å². The van der Waals surface area contributed by atoms with Gasteiger partial charge in [0.15, 0.2) is 5.76 Å². The van der Waals surface area contributed by atoms with Gasteiger partial charge in [-0.25, -0.2) is 9.07 Å². The molecule has 0 saturated heterocycles. The maximum atomic E-state index is 13.6. The summed E-state index contributed by atoms with van der Waals surface area (Å²) in [4.78, 5) is 0. The van der Waals surface area contributed by atoms with Gasteiger partial charge in [-0.3, -0.25) is 0 Å². The second-order valence-corrected chi connectivity index (χ2v) is 9.36. The van der Waals surface area contributed by atoms with Crippen LogP contribution >= 0.6 is 0 Å². The molecule has 1 aliphatic carbocycles. The highest BCUT2D eigenvalue weighted by Crippen LogP contribution is 2.28. The lowest BCUT2D eigenvalue weighted by molar-refractivity contribution is 0.299. The number of hydrogen-bond acceptors (Lipinski definition) is 11. The SMILES string of the molecule is OB(O)c1ccc(-c2nnc(-c3ccco3)o2)cc1.OB(O)c1ccc(OCc2cn(C3CCCC3)nn2)cc1F. The zero-order chi connectivity index (χ0) is 28.8. The quantitative estimate of drug-likeness (QED) is 0.202. The summed E-state index contributed by atoms with van der Waals surface area (Å²) in [7, 11) is -3.32. The third kappa shape index (κ3) is 7.08. The Labute approximate surface area is 234 Å². The average Bonchev–Trinajstić information content (AvgIpc) is 3.79. The Morgan fingerprint density at radius 3 is 2.34 bits per heavy atom. The van der Waals surface area contributed by atoms with Crippen molar-refractivity contribution in [2.45, 2.75) is 38.3 Å². The van der Waals surface area contributed by atoms with E-state index in [1.54, 1.807) is 36.4 Å². The van der Waals surface area contributed by atoms with Crippen LogP contribution in [-0.2, 0) is 6.61 Å². The molecule has 6 rings (SSSR count). The van der Waals surface area contributed by atoms with Gasteiger partial charge in [-0.2, -0.15) is 0 Å². The van der Waals surface area contributed by atoms with Gasteiger partial charge in [0, 0.05) is 17.1 Å². The Kier molecular flexibility index (Phi) is 8.89. The van der Waals surface area contributed by atoms with Crippen LogP contribution in [0.5, 0.6) is 5.75 Å². The first-order valence-electron chi connectivity index (χ1n) is 12.9. The molecule has 2 aromatic carbocycles. The maximum absolute atomic E-state index is 13.6. The molecule has 1 saturated carbocycles. The minimum absolute atomic E-state index is 0.181. The normalized spacial score (nSPS) is 13.1. The van der Waals surface area contributed by atoms with Crippen molar-refractivity contribution in [1.82, 2.24) is 25.2 Å². The van der Waals surface area contributed by atoms with E-state index in [0.29, 0.717) is 46.1 Å². The number of halogens is 1. The van der Waals surface area contributed by atoms with Crippen LogP contribution in [0.2, 0.25) is 0 Å². The van der Waals surface area contributed by atoms with Gasteiger partial charge in [-0.15, -0.1) is 15.3 Å². The monoisotopic (exact) mass is 561 g/mol. The van der Waals surface area contributed by atoms with Gasteiger partial charge in [0.1, 0.15) is 23.9 Å². The molecule has 5 aromatic rings. The number of benzene rings is 2. The largest absolute Gasteiger partial charge is 0.491 e. The van der Waals surface area contributed by atoms with Gasteiger partial charge < -0.3 is 33.7 Å². The molecule has 0 spiro atoms. The predicted octanol–water partition coefficient (Wildman–Crippen LogP) is 1.47. The van der Waals surface area contributed by atoms with E-state index < -0.39 is 20.1 Å². The van der Waals surface area contributed by atoms with Crippen molar-refractivity contribution in [3.63, 3.8) is 0 Å². The fraction of sp³-hybridized carbons (Fsp3) is 0.231. The highest BCUT2D eigenvalue weighted by Gasteiger charge is 2.19. The van der Waals surface area contributed by atoms with E-state index >= 15 is 0 Å². The predicted molar refractivity (Wildman–Crippen MR) is 145 cm³/mol. The Hall–Kier alpha value is -4.30. The number of ether oxygens (including phenoxy) is 1. The molecule has 0 radical (unpaired) electrons. The molecule has 210 valence electrons. The minimum atomic E-state index is -1.83. The van der Waals surface area contributed by atoms with Crippen LogP contribution in [0.15, 0.2) is 75.9 Å². The fourth-order valence-corrected chi connectivity index (χ4v) is 4.33.